The highest BCUT2D eigenvalue weighted by molar-refractivity contribution is 7.14. The summed E-state index contributed by atoms with van der Waals surface area (Å²) < 4.78 is 0. The Morgan fingerprint density at radius 1 is 1.41 bits per heavy atom. The van der Waals surface area contributed by atoms with Crippen LogP contribution in [-0.4, -0.2) is 22.4 Å². The summed E-state index contributed by atoms with van der Waals surface area (Å²) in [6.07, 6.45) is 0. The molecular formula is C11H12ClN3OS. The van der Waals surface area contributed by atoms with Crippen molar-refractivity contribution in [3.8, 4) is 16.3 Å². The van der Waals surface area contributed by atoms with Gasteiger partial charge in [0.05, 0.1) is 11.1 Å². The van der Waals surface area contributed by atoms with Gasteiger partial charge in [0, 0.05) is 5.56 Å². The van der Waals surface area contributed by atoms with Gasteiger partial charge in [0.2, 0.25) is 0 Å². The smallest absolute Gasteiger partial charge is 0.149 e. The quantitative estimate of drug-likeness (QED) is 0.900. The van der Waals surface area contributed by atoms with Crippen LogP contribution in [0, 0.1) is 0 Å². The zero-order valence-electron chi connectivity index (χ0n) is 9.44. The molecule has 6 heteroatoms. The molecule has 90 valence electrons. The topological polar surface area (TPSA) is 58.0 Å². The summed E-state index contributed by atoms with van der Waals surface area (Å²) in [5.41, 5.74) is 0.707. The first kappa shape index (κ1) is 12.3. The number of rotatable bonds is 3. The molecule has 2 N–H and O–H groups in total. The van der Waals surface area contributed by atoms with Crippen molar-refractivity contribution in [1.29, 1.82) is 0 Å². The van der Waals surface area contributed by atoms with Crippen LogP contribution in [0.15, 0.2) is 18.2 Å². The molecule has 0 aliphatic heterocycles. The van der Waals surface area contributed by atoms with E-state index in [0.29, 0.717) is 15.6 Å². The molecule has 0 amide bonds. The molecule has 17 heavy (non-hydrogen) atoms. The summed E-state index contributed by atoms with van der Waals surface area (Å²) in [6, 6.07) is 4.94. The van der Waals surface area contributed by atoms with Crippen LogP contribution < -0.4 is 5.32 Å². The van der Waals surface area contributed by atoms with Gasteiger partial charge in [-0.25, -0.2) is 0 Å². The standard InChI is InChI=1S/C11H12ClN3OS/c1-6(13-2)10-14-15-11(17-10)8-5-7(16)3-4-9(8)12/h3-6,13,16H,1-2H3. The fraction of sp³-hybridized carbons (Fsp3) is 0.273. The maximum Gasteiger partial charge on any atom is 0.149 e. The van der Waals surface area contributed by atoms with Crippen molar-refractivity contribution in [1.82, 2.24) is 15.5 Å². The number of aromatic nitrogens is 2. The van der Waals surface area contributed by atoms with Crippen LogP contribution in [0.1, 0.15) is 18.0 Å². The van der Waals surface area contributed by atoms with Gasteiger partial charge in [-0.3, -0.25) is 0 Å². The van der Waals surface area contributed by atoms with E-state index < -0.39 is 0 Å². The molecule has 1 atom stereocenters. The number of hydrogen-bond acceptors (Lipinski definition) is 5. The molecule has 4 nitrogen and oxygen atoms in total. The second kappa shape index (κ2) is 5.00. The molecule has 0 fully saturated rings. The average molecular weight is 270 g/mol. The number of phenolic OH excluding ortho intramolecular Hbond substituents is 1. The van der Waals surface area contributed by atoms with Crippen molar-refractivity contribution in [2.45, 2.75) is 13.0 Å². The summed E-state index contributed by atoms with van der Waals surface area (Å²) in [5, 5.41) is 22.9. The molecule has 0 bridgehead atoms. The predicted molar refractivity (Wildman–Crippen MR) is 69.5 cm³/mol. The molecule has 0 radical (unpaired) electrons. The summed E-state index contributed by atoms with van der Waals surface area (Å²) in [5.74, 6) is 0.169. The SMILES string of the molecule is CNC(C)c1nnc(-c2cc(O)ccc2Cl)s1. The largest absolute Gasteiger partial charge is 0.508 e. The van der Waals surface area contributed by atoms with Gasteiger partial charge in [-0.2, -0.15) is 0 Å². The van der Waals surface area contributed by atoms with Gasteiger partial charge in [-0.1, -0.05) is 22.9 Å². The van der Waals surface area contributed by atoms with Crippen molar-refractivity contribution in [3.05, 3.63) is 28.2 Å². The van der Waals surface area contributed by atoms with Crippen LogP contribution >= 0.6 is 22.9 Å². The second-order valence-corrected chi connectivity index (χ2v) is 5.04. The van der Waals surface area contributed by atoms with E-state index in [1.807, 2.05) is 14.0 Å². The number of phenols is 1. The van der Waals surface area contributed by atoms with E-state index in [9.17, 15) is 5.11 Å². The lowest BCUT2D eigenvalue weighted by atomic mass is 10.2. The third-order valence-corrected chi connectivity index (χ3v) is 3.89. The number of hydrogen-bond donors (Lipinski definition) is 2. The van der Waals surface area contributed by atoms with Crippen molar-refractivity contribution in [2.75, 3.05) is 7.05 Å². The number of aromatic hydroxyl groups is 1. The predicted octanol–water partition coefficient (Wildman–Crippen LogP) is 2.84. The van der Waals surface area contributed by atoms with Gasteiger partial charge in [-0.15, -0.1) is 10.2 Å². The Hall–Kier alpha value is -1.17. The zero-order chi connectivity index (χ0) is 12.4. The molecule has 0 spiro atoms. The third kappa shape index (κ3) is 2.57. The van der Waals surface area contributed by atoms with Crippen LogP contribution in [0.3, 0.4) is 0 Å². The molecule has 2 aromatic rings. The van der Waals surface area contributed by atoms with E-state index in [1.165, 1.54) is 11.3 Å². The maximum absolute atomic E-state index is 9.45. The Morgan fingerprint density at radius 3 is 2.88 bits per heavy atom. The highest BCUT2D eigenvalue weighted by Gasteiger charge is 2.13. The van der Waals surface area contributed by atoms with E-state index in [2.05, 4.69) is 15.5 Å². The van der Waals surface area contributed by atoms with Crippen molar-refractivity contribution < 1.29 is 5.11 Å². The summed E-state index contributed by atoms with van der Waals surface area (Å²) in [7, 11) is 1.87. The van der Waals surface area contributed by atoms with Gasteiger partial charge in [0.1, 0.15) is 15.8 Å². The molecule has 0 aliphatic carbocycles. The number of benzene rings is 1. The molecule has 0 aliphatic rings. The normalized spacial score (nSPS) is 12.6. The molecule has 1 aromatic heterocycles. The van der Waals surface area contributed by atoms with Gasteiger partial charge in [0.25, 0.3) is 0 Å². The molecule has 2 rings (SSSR count). The van der Waals surface area contributed by atoms with E-state index >= 15 is 0 Å². The molecule has 1 unspecified atom stereocenters. The fourth-order valence-electron chi connectivity index (χ4n) is 1.32. The number of halogens is 1. The molecule has 1 aromatic carbocycles. The van der Waals surface area contributed by atoms with Crippen molar-refractivity contribution in [2.24, 2.45) is 0 Å². The first-order valence-electron chi connectivity index (χ1n) is 5.11. The van der Waals surface area contributed by atoms with Gasteiger partial charge in [-0.05, 0) is 32.2 Å². The van der Waals surface area contributed by atoms with Gasteiger partial charge in [0.15, 0.2) is 0 Å². The highest BCUT2D eigenvalue weighted by atomic mass is 35.5. The Bertz CT molecular complexity index is 529. The first-order valence-corrected chi connectivity index (χ1v) is 6.31. The molecule has 0 saturated heterocycles. The summed E-state index contributed by atoms with van der Waals surface area (Å²) in [6.45, 7) is 2.01. The van der Waals surface area contributed by atoms with Gasteiger partial charge < -0.3 is 10.4 Å². The average Bonchev–Trinajstić information content (AvgIpc) is 2.80. The van der Waals surface area contributed by atoms with Crippen LogP contribution in [0.2, 0.25) is 5.02 Å². The summed E-state index contributed by atoms with van der Waals surface area (Å²) in [4.78, 5) is 0. The molecular weight excluding hydrogens is 258 g/mol. The molecule has 0 saturated carbocycles. The van der Waals surface area contributed by atoms with Crippen LogP contribution in [0.25, 0.3) is 10.6 Å². The zero-order valence-corrected chi connectivity index (χ0v) is 11.0. The van der Waals surface area contributed by atoms with E-state index in [4.69, 9.17) is 11.6 Å². The van der Waals surface area contributed by atoms with Crippen LogP contribution in [-0.2, 0) is 0 Å². The first-order chi connectivity index (χ1) is 8.11. The summed E-state index contributed by atoms with van der Waals surface area (Å²) >= 11 is 7.53. The van der Waals surface area contributed by atoms with E-state index in [-0.39, 0.29) is 11.8 Å². The molecule has 1 heterocycles. The Morgan fingerprint density at radius 2 is 2.18 bits per heavy atom. The number of nitrogens with one attached hydrogen (secondary N) is 1. The minimum Gasteiger partial charge on any atom is -0.508 e. The highest BCUT2D eigenvalue weighted by Crippen LogP contribution is 2.33. The monoisotopic (exact) mass is 269 g/mol. The second-order valence-electron chi connectivity index (χ2n) is 3.62. The Balaban J connectivity index is 2.40. The van der Waals surface area contributed by atoms with Gasteiger partial charge >= 0.3 is 0 Å². The lowest BCUT2D eigenvalue weighted by Crippen LogP contribution is -2.11. The maximum atomic E-state index is 9.45. The minimum atomic E-state index is 0.150. The van der Waals surface area contributed by atoms with Crippen molar-refractivity contribution >= 4 is 22.9 Å². The fourth-order valence-corrected chi connectivity index (χ4v) is 2.52. The lowest BCUT2D eigenvalue weighted by molar-refractivity contribution is 0.475. The van der Waals surface area contributed by atoms with Crippen LogP contribution in [0.5, 0.6) is 5.75 Å². The van der Waals surface area contributed by atoms with E-state index in [1.54, 1.807) is 18.2 Å². The van der Waals surface area contributed by atoms with E-state index in [0.717, 1.165) is 5.01 Å². The Labute approximate surface area is 108 Å². The number of nitrogens with zero attached hydrogens (tertiary/aromatic N) is 2. The van der Waals surface area contributed by atoms with Crippen molar-refractivity contribution in [3.63, 3.8) is 0 Å². The minimum absolute atomic E-state index is 0.150. The van der Waals surface area contributed by atoms with Crippen LogP contribution in [0.4, 0.5) is 0 Å². The lowest BCUT2D eigenvalue weighted by Gasteiger charge is -2.03. The Kier molecular flexibility index (Phi) is 3.61. The third-order valence-electron chi connectivity index (χ3n) is 2.42.